The Bertz CT molecular complexity index is 1360. The number of aromatic nitrogens is 5. The van der Waals surface area contributed by atoms with Crippen LogP contribution >= 0.6 is 0 Å². The van der Waals surface area contributed by atoms with E-state index in [9.17, 15) is 10.4 Å². The molecule has 1 N–H and O–H groups in total. The van der Waals surface area contributed by atoms with Gasteiger partial charge in [0, 0.05) is 42.7 Å². The van der Waals surface area contributed by atoms with Crippen molar-refractivity contribution in [1.29, 1.82) is 5.26 Å². The predicted molar refractivity (Wildman–Crippen MR) is 128 cm³/mol. The Hall–Kier alpha value is -4.23. The highest BCUT2D eigenvalue weighted by molar-refractivity contribution is 5.85. The van der Waals surface area contributed by atoms with E-state index in [1.807, 2.05) is 18.2 Å². The van der Waals surface area contributed by atoms with Gasteiger partial charge in [-0.3, -0.25) is 4.98 Å². The van der Waals surface area contributed by atoms with Crippen molar-refractivity contribution in [1.82, 2.24) is 24.6 Å². The molecule has 1 aliphatic heterocycles. The quantitative estimate of drug-likeness (QED) is 0.433. The number of nitrogens with zero attached hydrogens (tertiary/aromatic N) is 7. The highest BCUT2D eigenvalue weighted by Gasteiger charge is 2.25. The van der Waals surface area contributed by atoms with Crippen LogP contribution in [0.1, 0.15) is 25.8 Å². The zero-order valence-electron chi connectivity index (χ0n) is 19.5. The molecule has 1 atom stereocenters. The van der Waals surface area contributed by atoms with Crippen molar-refractivity contribution in [3.8, 4) is 28.8 Å². The van der Waals surface area contributed by atoms with Gasteiger partial charge in [0.1, 0.15) is 30.3 Å². The summed E-state index contributed by atoms with van der Waals surface area (Å²) in [5, 5.41) is 23.9. The Kier molecular flexibility index (Phi) is 5.93. The maximum absolute atomic E-state index is 10.0. The van der Waals surface area contributed by atoms with Gasteiger partial charge < -0.3 is 19.5 Å². The predicted octanol–water partition coefficient (Wildman–Crippen LogP) is 2.87. The smallest absolute Gasteiger partial charge is 0.232 e. The van der Waals surface area contributed by atoms with Gasteiger partial charge in [-0.2, -0.15) is 10.4 Å². The summed E-state index contributed by atoms with van der Waals surface area (Å²) >= 11 is 0. The summed E-state index contributed by atoms with van der Waals surface area (Å²) < 4.78 is 13.4. The van der Waals surface area contributed by atoms with E-state index in [0.29, 0.717) is 29.3 Å². The highest BCUT2D eigenvalue weighted by atomic mass is 16.5. The lowest BCUT2D eigenvalue weighted by Gasteiger charge is -2.19. The third-order valence-electron chi connectivity index (χ3n) is 5.65. The molecule has 5 heterocycles. The van der Waals surface area contributed by atoms with E-state index in [-0.39, 0.29) is 12.7 Å². The van der Waals surface area contributed by atoms with Gasteiger partial charge in [-0.05, 0) is 32.0 Å². The van der Waals surface area contributed by atoms with Crippen LogP contribution in [0.5, 0.6) is 11.6 Å². The van der Waals surface area contributed by atoms with Crippen molar-refractivity contribution in [3.63, 3.8) is 0 Å². The van der Waals surface area contributed by atoms with Crippen molar-refractivity contribution >= 4 is 11.3 Å². The van der Waals surface area contributed by atoms with Crippen molar-refractivity contribution in [2.75, 3.05) is 24.6 Å². The number of hydrogen-bond donors (Lipinski definition) is 1. The minimum absolute atomic E-state index is 0.0161. The molecule has 0 amide bonds. The van der Waals surface area contributed by atoms with Crippen LogP contribution in [0, 0.1) is 11.3 Å². The zero-order valence-corrected chi connectivity index (χ0v) is 19.5. The molecule has 10 nitrogen and oxygen atoms in total. The van der Waals surface area contributed by atoms with Crippen LogP contribution in [0.15, 0.2) is 55.4 Å². The molecule has 0 radical (unpaired) electrons. The monoisotopic (exact) mass is 471 g/mol. The summed E-state index contributed by atoms with van der Waals surface area (Å²) in [4.78, 5) is 15.1. The van der Waals surface area contributed by atoms with E-state index in [2.05, 4.69) is 31.0 Å². The Labute approximate surface area is 202 Å². The summed E-state index contributed by atoms with van der Waals surface area (Å²) in [6.07, 6.45) is 10.7. The first-order valence-electron chi connectivity index (χ1n) is 11.3. The number of hydrogen-bond acceptors (Lipinski definition) is 9. The Morgan fingerprint density at radius 3 is 2.80 bits per heavy atom. The van der Waals surface area contributed by atoms with Gasteiger partial charge in [0.25, 0.3) is 0 Å². The molecule has 5 rings (SSSR count). The summed E-state index contributed by atoms with van der Waals surface area (Å²) in [5.74, 6) is 1.90. The molecule has 10 heteroatoms. The minimum Gasteiger partial charge on any atom is -0.489 e. The van der Waals surface area contributed by atoms with Crippen LogP contribution in [-0.4, -0.2) is 61.1 Å². The van der Waals surface area contributed by atoms with Crippen molar-refractivity contribution in [3.05, 3.63) is 60.9 Å². The molecular weight excluding hydrogens is 446 g/mol. The van der Waals surface area contributed by atoms with Gasteiger partial charge in [0.05, 0.1) is 41.8 Å². The number of aliphatic hydroxyl groups is 1. The second-order valence-corrected chi connectivity index (χ2v) is 9.08. The fourth-order valence-electron chi connectivity index (χ4n) is 4.02. The SMILES string of the molecule is CC(C)(O)COc1cc(-c2ccc(N3CCC(Oc4cnccn4)C3)nc2)c2c(C#N)cnn2c1. The van der Waals surface area contributed by atoms with Gasteiger partial charge in [0.15, 0.2) is 0 Å². The largest absolute Gasteiger partial charge is 0.489 e. The average Bonchev–Trinajstić information content (AvgIpc) is 3.49. The lowest BCUT2D eigenvalue weighted by atomic mass is 10.1. The van der Waals surface area contributed by atoms with E-state index < -0.39 is 5.60 Å². The molecule has 0 spiro atoms. The highest BCUT2D eigenvalue weighted by Crippen LogP contribution is 2.32. The normalized spacial score (nSPS) is 15.8. The van der Waals surface area contributed by atoms with Crippen LogP contribution in [0.4, 0.5) is 5.82 Å². The topological polar surface area (TPSA) is 122 Å². The molecule has 0 saturated carbocycles. The zero-order chi connectivity index (χ0) is 24.4. The van der Waals surface area contributed by atoms with E-state index in [1.165, 1.54) is 6.20 Å². The molecule has 0 aromatic carbocycles. The van der Waals surface area contributed by atoms with E-state index in [4.69, 9.17) is 9.47 Å². The molecule has 4 aromatic rings. The second kappa shape index (κ2) is 9.19. The number of pyridine rings is 2. The third-order valence-corrected chi connectivity index (χ3v) is 5.65. The van der Waals surface area contributed by atoms with E-state index in [1.54, 1.807) is 49.3 Å². The van der Waals surface area contributed by atoms with E-state index >= 15 is 0 Å². The maximum atomic E-state index is 10.0. The number of rotatable bonds is 7. The summed E-state index contributed by atoms with van der Waals surface area (Å²) in [7, 11) is 0. The molecule has 0 bridgehead atoms. The molecule has 1 saturated heterocycles. The van der Waals surface area contributed by atoms with Gasteiger partial charge in [0.2, 0.25) is 5.88 Å². The van der Waals surface area contributed by atoms with Crippen LogP contribution in [0.2, 0.25) is 0 Å². The Morgan fingerprint density at radius 2 is 2.09 bits per heavy atom. The fraction of sp³-hybridized carbons (Fsp3) is 0.320. The summed E-state index contributed by atoms with van der Waals surface area (Å²) in [6, 6.07) is 7.98. The van der Waals surface area contributed by atoms with Crippen LogP contribution < -0.4 is 14.4 Å². The van der Waals surface area contributed by atoms with Crippen molar-refractivity contribution in [2.45, 2.75) is 32.0 Å². The molecule has 1 fully saturated rings. The number of nitriles is 1. The third kappa shape index (κ3) is 5.00. The van der Waals surface area contributed by atoms with Crippen molar-refractivity contribution < 1.29 is 14.6 Å². The fourth-order valence-corrected chi connectivity index (χ4v) is 4.02. The number of ether oxygens (including phenoxy) is 2. The summed E-state index contributed by atoms with van der Waals surface area (Å²) in [5.41, 5.74) is 1.76. The van der Waals surface area contributed by atoms with Crippen LogP contribution in [0.25, 0.3) is 16.6 Å². The molecule has 1 aliphatic rings. The van der Waals surface area contributed by atoms with Crippen molar-refractivity contribution in [2.24, 2.45) is 0 Å². The molecule has 178 valence electrons. The maximum Gasteiger partial charge on any atom is 0.232 e. The first kappa shape index (κ1) is 22.6. The standard InChI is InChI=1S/C25H25N7O3/c1-25(2,33)16-34-20-9-21(24-18(10-26)12-30-32(24)15-20)17-3-4-22(29-11-17)31-8-5-19(14-31)35-23-13-27-6-7-28-23/h3-4,6-7,9,11-13,15,19,33H,5,8,14,16H2,1-2H3. The Balaban J connectivity index is 1.38. The minimum atomic E-state index is -0.982. The van der Waals surface area contributed by atoms with Crippen LogP contribution in [0.3, 0.4) is 0 Å². The van der Waals surface area contributed by atoms with Gasteiger partial charge in [-0.25, -0.2) is 14.5 Å². The molecule has 1 unspecified atom stereocenters. The summed E-state index contributed by atoms with van der Waals surface area (Å²) in [6.45, 7) is 5.00. The second-order valence-electron chi connectivity index (χ2n) is 9.08. The lowest BCUT2D eigenvalue weighted by Crippen LogP contribution is -2.27. The average molecular weight is 472 g/mol. The lowest BCUT2D eigenvalue weighted by molar-refractivity contribution is 0.0283. The van der Waals surface area contributed by atoms with Gasteiger partial charge >= 0.3 is 0 Å². The molecule has 35 heavy (non-hydrogen) atoms. The van der Waals surface area contributed by atoms with Gasteiger partial charge in [-0.15, -0.1) is 0 Å². The van der Waals surface area contributed by atoms with E-state index in [0.717, 1.165) is 29.9 Å². The van der Waals surface area contributed by atoms with Crippen LogP contribution in [-0.2, 0) is 0 Å². The molecular formula is C25H25N7O3. The molecule has 4 aromatic heterocycles. The first-order chi connectivity index (χ1) is 16.9. The first-order valence-corrected chi connectivity index (χ1v) is 11.3. The number of fused-ring (bicyclic) bond motifs is 1. The number of anilines is 1. The Morgan fingerprint density at radius 1 is 1.20 bits per heavy atom. The molecule has 0 aliphatic carbocycles. The van der Waals surface area contributed by atoms with Gasteiger partial charge in [-0.1, -0.05) is 0 Å².